The molecule has 266 valence electrons. The Morgan fingerprint density at radius 2 is 1.56 bits per heavy atom. The summed E-state index contributed by atoms with van der Waals surface area (Å²) in [4.78, 5) is 35.9. The molecule has 2 aromatic rings. The first-order valence-electron chi connectivity index (χ1n) is 15.6. The van der Waals surface area contributed by atoms with Crippen LogP contribution in [0.4, 0.5) is 38.0 Å². The predicted octanol–water partition coefficient (Wildman–Crippen LogP) is 4.23. The molecule has 2 aliphatic rings. The van der Waals surface area contributed by atoms with Gasteiger partial charge in [-0.25, -0.2) is 9.97 Å². The molecule has 2 amide bonds. The van der Waals surface area contributed by atoms with Crippen LogP contribution in [0.2, 0.25) is 0 Å². The average molecular weight is 709 g/mol. The number of carbonyl (C=O) groups excluding carboxylic acids is 2. The lowest BCUT2D eigenvalue weighted by Crippen LogP contribution is -2.44. The lowest BCUT2D eigenvalue weighted by atomic mass is 9.91. The van der Waals surface area contributed by atoms with Gasteiger partial charge in [-0.2, -0.15) is 34.8 Å². The van der Waals surface area contributed by atoms with Crippen molar-refractivity contribution >= 4 is 33.6 Å². The van der Waals surface area contributed by atoms with Crippen molar-refractivity contribution in [3.63, 3.8) is 0 Å². The smallest absolute Gasteiger partial charge is 0.356 e. The largest absolute Gasteiger partial charge is 0.451 e. The fourth-order valence-corrected chi connectivity index (χ4v) is 6.25. The van der Waals surface area contributed by atoms with Gasteiger partial charge in [0, 0.05) is 45.2 Å². The number of hydrogen-bond donors (Lipinski definition) is 3. The highest BCUT2D eigenvalue weighted by Crippen LogP contribution is 2.34. The molecule has 1 atom stereocenters. The van der Waals surface area contributed by atoms with Crippen LogP contribution in [-0.4, -0.2) is 79.3 Å². The van der Waals surface area contributed by atoms with E-state index in [2.05, 4.69) is 20.6 Å². The van der Waals surface area contributed by atoms with E-state index in [1.807, 2.05) is 0 Å². The van der Waals surface area contributed by atoms with Gasteiger partial charge >= 0.3 is 12.4 Å². The Labute approximate surface area is 274 Å². The van der Waals surface area contributed by atoms with E-state index in [-0.39, 0.29) is 49.4 Å². The minimum Gasteiger partial charge on any atom is -0.356 e. The Balaban J connectivity index is 1.33. The van der Waals surface area contributed by atoms with Crippen molar-refractivity contribution < 1.29 is 48.9 Å². The number of nitrogens with one attached hydrogen (secondary N) is 2. The zero-order valence-electron chi connectivity index (χ0n) is 26.0. The van der Waals surface area contributed by atoms with E-state index in [4.69, 9.17) is 4.55 Å². The van der Waals surface area contributed by atoms with E-state index in [1.54, 1.807) is 4.90 Å². The number of nitrogens with zero attached hydrogens (tertiary/aromatic N) is 4. The Bertz CT molecular complexity index is 1520. The van der Waals surface area contributed by atoms with Crippen LogP contribution in [0.3, 0.4) is 0 Å². The van der Waals surface area contributed by atoms with Gasteiger partial charge in [0.2, 0.25) is 17.6 Å². The molecule has 2 aliphatic heterocycles. The van der Waals surface area contributed by atoms with E-state index in [0.717, 1.165) is 12.1 Å². The number of anilines is 2. The number of alkyl halides is 6. The van der Waals surface area contributed by atoms with Gasteiger partial charge in [-0.1, -0.05) is 12.1 Å². The molecule has 11 nitrogen and oxygen atoms in total. The van der Waals surface area contributed by atoms with Crippen molar-refractivity contribution in [3.05, 3.63) is 47.3 Å². The third-order valence-corrected chi connectivity index (χ3v) is 9.15. The number of aromatic nitrogens is 2. The summed E-state index contributed by atoms with van der Waals surface area (Å²) < 4.78 is 110. The van der Waals surface area contributed by atoms with Crippen LogP contribution in [0.15, 0.2) is 30.3 Å². The van der Waals surface area contributed by atoms with E-state index < -0.39 is 51.6 Å². The van der Waals surface area contributed by atoms with Gasteiger partial charge in [-0.15, -0.1) is 0 Å². The fraction of sp³-hybridized carbons (Fsp3) is 0.600. The SMILES string of the molecule is O=C(CCCC1CCN(c2cc(N3CCCC3C(=O)NCCc3ccc(C(F)(F)F)cc3)nc(C(F)(F)F)n2)CC1)NCCS(=O)(=O)O. The molecule has 2 saturated heterocycles. The molecule has 48 heavy (non-hydrogen) atoms. The number of carbonyl (C=O) groups is 2. The van der Waals surface area contributed by atoms with Crippen LogP contribution < -0.4 is 20.4 Å². The molecule has 3 heterocycles. The molecule has 1 aromatic carbocycles. The maximum Gasteiger partial charge on any atom is 0.451 e. The van der Waals surface area contributed by atoms with E-state index in [9.17, 15) is 44.3 Å². The third-order valence-electron chi connectivity index (χ3n) is 8.43. The van der Waals surface area contributed by atoms with Crippen molar-refractivity contribution in [2.75, 3.05) is 48.3 Å². The molecule has 0 saturated carbocycles. The summed E-state index contributed by atoms with van der Waals surface area (Å²) in [6, 6.07) is 5.27. The Kier molecular flexibility index (Phi) is 12.1. The summed E-state index contributed by atoms with van der Waals surface area (Å²) in [5.41, 5.74) is -0.190. The lowest BCUT2D eigenvalue weighted by molar-refractivity contribution is -0.144. The predicted molar refractivity (Wildman–Crippen MR) is 164 cm³/mol. The molecule has 1 unspecified atom stereocenters. The monoisotopic (exact) mass is 708 g/mol. The topological polar surface area (TPSA) is 145 Å². The summed E-state index contributed by atoms with van der Waals surface area (Å²) in [7, 11) is -4.16. The normalized spacial score (nSPS) is 17.9. The van der Waals surface area contributed by atoms with Crippen molar-refractivity contribution in [2.24, 2.45) is 5.92 Å². The first kappa shape index (κ1) is 37.2. The van der Waals surface area contributed by atoms with Gasteiger partial charge in [0.05, 0.1) is 11.3 Å². The molecular formula is C30H38F6N6O5S. The minimum absolute atomic E-state index is 0.0187. The summed E-state index contributed by atoms with van der Waals surface area (Å²) in [5.74, 6) is -2.33. The van der Waals surface area contributed by atoms with Gasteiger partial charge in [0.15, 0.2) is 0 Å². The highest BCUT2D eigenvalue weighted by Gasteiger charge is 2.39. The molecule has 3 N–H and O–H groups in total. The first-order valence-corrected chi connectivity index (χ1v) is 17.2. The van der Waals surface area contributed by atoms with Crippen molar-refractivity contribution in [1.82, 2.24) is 20.6 Å². The maximum atomic E-state index is 13.9. The summed E-state index contributed by atoms with van der Waals surface area (Å²) in [6.45, 7) is 1.09. The van der Waals surface area contributed by atoms with Gasteiger partial charge in [0.1, 0.15) is 17.7 Å². The number of benzene rings is 1. The first-order chi connectivity index (χ1) is 22.5. The van der Waals surface area contributed by atoms with Gasteiger partial charge in [0.25, 0.3) is 10.1 Å². The van der Waals surface area contributed by atoms with Crippen LogP contribution in [-0.2, 0) is 38.5 Å². The van der Waals surface area contributed by atoms with Crippen LogP contribution in [0.1, 0.15) is 61.9 Å². The molecule has 0 spiro atoms. The van der Waals surface area contributed by atoms with Gasteiger partial charge in [-0.05, 0) is 68.6 Å². The van der Waals surface area contributed by atoms with Crippen LogP contribution in [0.5, 0.6) is 0 Å². The molecule has 18 heteroatoms. The second-order valence-electron chi connectivity index (χ2n) is 12.0. The molecule has 0 aliphatic carbocycles. The highest BCUT2D eigenvalue weighted by molar-refractivity contribution is 7.85. The van der Waals surface area contributed by atoms with E-state index in [0.29, 0.717) is 63.7 Å². The van der Waals surface area contributed by atoms with E-state index in [1.165, 1.54) is 23.1 Å². The average Bonchev–Trinajstić information content (AvgIpc) is 3.50. The third kappa shape index (κ3) is 10.9. The maximum absolute atomic E-state index is 13.9. The highest BCUT2D eigenvalue weighted by atomic mass is 32.2. The number of rotatable bonds is 13. The Hall–Kier alpha value is -3.67. The number of hydrogen-bond acceptors (Lipinski definition) is 8. The Morgan fingerprint density at radius 3 is 2.19 bits per heavy atom. The van der Waals surface area contributed by atoms with Gasteiger partial charge in [-0.3, -0.25) is 14.1 Å². The second-order valence-corrected chi connectivity index (χ2v) is 13.5. The van der Waals surface area contributed by atoms with Crippen LogP contribution in [0.25, 0.3) is 0 Å². The quantitative estimate of drug-likeness (QED) is 0.206. The number of halogens is 6. The molecule has 0 bridgehead atoms. The standard InChI is InChI=1S/C30H38F6N6O5S/c31-29(32,33)22-8-6-21(7-9-22)10-13-38-27(44)23-4-2-15-42(23)25-19-24(39-28(40-25)30(34,35)36)41-16-11-20(12-17-41)3-1-5-26(43)37-14-18-48(45,46)47/h6-9,19-20,23H,1-5,10-18H2,(H,37,43)(H,38,44)(H,45,46,47). The van der Waals surface area contributed by atoms with Gasteiger partial charge < -0.3 is 20.4 Å². The number of piperidine rings is 1. The molecule has 2 fully saturated rings. The Morgan fingerprint density at radius 1 is 0.896 bits per heavy atom. The molecule has 4 rings (SSSR count). The summed E-state index contributed by atoms with van der Waals surface area (Å²) >= 11 is 0. The zero-order valence-corrected chi connectivity index (χ0v) is 26.8. The fourth-order valence-electron chi connectivity index (χ4n) is 5.89. The molecular weight excluding hydrogens is 670 g/mol. The second kappa shape index (κ2) is 15.7. The van der Waals surface area contributed by atoms with Crippen LogP contribution in [0, 0.1) is 5.92 Å². The van der Waals surface area contributed by atoms with Crippen molar-refractivity contribution in [3.8, 4) is 0 Å². The zero-order chi connectivity index (χ0) is 35.1. The molecule has 1 aromatic heterocycles. The number of amides is 2. The van der Waals surface area contributed by atoms with E-state index >= 15 is 0 Å². The van der Waals surface area contributed by atoms with Crippen molar-refractivity contribution in [2.45, 2.75) is 69.8 Å². The summed E-state index contributed by atoms with van der Waals surface area (Å²) in [6.07, 6.45) is -5.36. The minimum atomic E-state index is -4.83. The summed E-state index contributed by atoms with van der Waals surface area (Å²) in [5, 5.41) is 5.18. The lowest BCUT2D eigenvalue weighted by Gasteiger charge is -2.34. The van der Waals surface area contributed by atoms with Crippen LogP contribution >= 0.6 is 0 Å². The van der Waals surface area contributed by atoms with Crippen molar-refractivity contribution in [1.29, 1.82) is 0 Å². The molecule has 0 radical (unpaired) electrons.